The van der Waals surface area contributed by atoms with Gasteiger partial charge in [-0.1, -0.05) is 109 Å². The molecular formula is C38H22S4. The van der Waals surface area contributed by atoms with Crippen molar-refractivity contribution in [3.05, 3.63) is 133 Å². The molecule has 0 spiro atoms. The van der Waals surface area contributed by atoms with E-state index in [-0.39, 0.29) is 0 Å². The van der Waals surface area contributed by atoms with E-state index in [1.165, 1.54) is 82.1 Å². The maximum Gasteiger partial charge on any atom is 0.0536 e. The minimum absolute atomic E-state index is 1.26. The highest BCUT2D eigenvalue weighted by atomic mass is 32.1. The molecule has 0 unspecified atom stereocenters. The molecule has 0 saturated carbocycles. The van der Waals surface area contributed by atoms with E-state index < -0.39 is 0 Å². The summed E-state index contributed by atoms with van der Waals surface area (Å²) in [5.74, 6) is 0. The average Bonchev–Trinajstić information content (AvgIpc) is 3.81. The van der Waals surface area contributed by atoms with Gasteiger partial charge in [0.1, 0.15) is 0 Å². The van der Waals surface area contributed by atoms with Gasteiger partial charge in [0.15, 0.2) is 0 Å². The first-order chi connectivity index (χ1) is 20.8. The van der Waals surface area contributed by atoms with Gasteiger partial charge in [0.2, 0.25) is 0 Å². The van der Waals surface area contributed by atoms with Crippen LogP contribution in [0.25, 0.3) is 82.1 Å². The SMILES string of the molecule is c1ccc(-c2ccc(-c3cc4sc5cc6c(cc5c4s3)sc3cc(-c4ccc(-c5ccccc5)cc4)sc36)cc2)cc1. The highest BCUT2D eigenvalue weighted by Crippen LogP contribution is 2.48. The Kier molecular flexibility index (Phi) is 5.70. The monoisotopic (exact) mass is 606 g/mol. The second kappa shape index (κ2) is 9.75. The van der Waals surface area contributed by atoms with Crippen molar-refractivity contribution < 1.29 is 0 Å². The van der Waals surface area contributed by atoms with E-state index in [1.807, 2.05) is 45.3 Å². The van der Waals surface area contributed by atoms with Crippen LogP contribution >= 0.6 is 45.3 Å². The number of fused-ring (bicyclic) bond motifs is 6. The summed E-state index contributed by atoms with van der Waals surface area (Å²) in [6.45, 7) is 0. The molecule has 0 atom stereocenters. The van der Waals surface area contributed by atoms with Crippen LogP contribution in [0.15, 0.2) is 133 Å². The topological polar surface area (TPSA) is 0 Å². The molecule has 0 amide bonds. The summed E-state index contributed by atoms with van der Waals surface area (Å²) in [5.41, 5.74) is 7.62. The van der Waals surface area contributed by atoms with Crippen molar-refractivity contribution in [1.82, 2.24) is 0 Å². The largest absolute Gasteiger partial charge is 0.134 e. The second-order valence-electron chi connectivity index (χ2n) is 10.5. The zero-order valence-corrected chi connectivity index (χ0v) is 25.6. The third-order valence-corrected chi connectivity index (χ3v) is 12.9. The fraction of sp³-hybridized carbons (Fsp3) is 0. The van der Waals surface area contributed by atoms with Crippen LogP contribution in [0, 0.1) is 0 Å². The Balaban J connectivity index is 1.06. The van der Waals surface area contributed by atoms with Gasteiger partial charge < -0.3 is 0 Å². The molecule has 0 radical (unpaired) electrons. The van der Waals surface area contributed by atoms with Crippen molar-refractivity contribution in [3.8, 4) is 43.1 Å². The van der Waals surface area contributed by atoms with Crippen LogP contribution in [0.2, 0.25) is 0 Å². The van der Waals surface area contributed by atoms with Crippen molar-refractivity contribution in [2.24, 2.45) is 0 Å². The van der Waals surface area contributed by atoms with E-state index in [4.69, 9.17) is 0 Å². The molecule has 4 heterocycles. The molecule has 9 aromatic rings. The Labute approximate surface area is 259 Å². The van der Waals surface area contributed by atoms with Crippen LogP contribution in [0.3, 0.4) is 0 Å². The van der Waals surface area contributed by atoms with Crippen molar-refractivity contribution in [3.63, 3.8) is 0 Å². The summed E-state index contributed by atoms with van der Waals surface area (Å²) in [4.78, 5) is 2.68. The predicted molar refractivity (Wildman–Crippen MR) is 190 cm³/mol. The van der Waals surface area contributed by atoms with Crippen molar-refractivity contribution in [1.29, 1.82) is 0 Å². The maximum atomic E-state index is 2.44. The zero-order chi connectivity index (χ0) is 27.6. The number of rotatable bonds is 4. The van der Waals surface area contributed by atoms with E-state index in [2.05, 4.69) is 133 Å². The highest BCUT2D eigenvalue weighted by Gasteiger charge is 2.16. The molecule has 0 nitrogen and oxygen atoms in total. The summed E-state index contributed by atoms with van der Waals surface area (Å²) >= 11 is 7.70. The maximum absolute atomic E-state index is 2.44. The Morgan fingerprint density at radius 1 is 0.286 bits per heavy atom. The lowest BCUT2D eigenvalue weighted by Crippen LogP contribution is -1.77. The molecule has 4 heteroatoms. The summed E-state index contributed by atoms with van der Waals surface area (Å²) in [6.07, 6.45) is 0. The van der Waals surface area contributed by atoms with Crippen LogP contribution in [-0.4, -0.2) is 0 Å². The highest BCUT2D eigenvalue weighted by molar-refractivity contribution is 7.35. The van der Waals surface area contributed by atoms with Crippen LogP contribution in [0.4, 0.5) is 0 Å². The van der Waals surface area contributed by atoms with Gasteiger partial charge in [-0.15, -0.1) is 45.3 Å². The molecule has 0 N–H and O–H groups in total. The molecule has 4 aromatic heterocycles. The fourth-order valence-electron chi connectivity index (χ4n) is 5.80. The van der Waals surface area contributed by atoms with Crippen molar-refractivity contribution in [2.45, 2.75) is 0 Å². The van der Waals surface area contributed by atoms with Gasteiger partial charge >= 0.3 is 0 Å². The fourth-order valence-corrected chi connectivity index (χ4v) is 10.9. The van der Waals surface area contributed by atoms with Crippen LogP contribution < -0.4 is 0 Å². The lowest BCUT2D eigenvalue weighted by atomic mass is 10.0. The number of hydrogen-bond donors (Lipinski definition) is 0. The van der Waals surface area contributed by atoms with E-state index in [9.17, 15) is 0 Å². The molecule has 9 rings (SSSR count). The third kappa shape index (κ3) is 4.06. The van der Waals surface area contributed by atoms with E-state index in [0.29, 0.717) is 0 Å². The number of thiophene rings is 4. The first kappa shape index (κ1) is 24.5. The summed E-state index contributed by atoms with van der Waals surface area (Å²) in [5, 5.41) is 2.79. The average molecular weight is 607 g/mol. The molecule has 198 valence electrons. The van der Waals surface area contributed by atoms with Crippen LogP contribution in [0.1, 0.15) is 0 Å². The minimum atomic E-state index is 1.26. The molecular weight excluding hydrogens is 585 g/mol. The molecule has 5 aromatic carbocycles. The van der Waals surface area contributed by atoms with E-state index in [1.54, 1.807) is 0 Å². The predicted octanol–water partition coefficient (Wildman–Crippen LogP) is 13.2. The quantitative estimate of drug-likeness (QED) is 0.187. The summed E-state index contributed by atoms with van der Waals surface area (Å²) in [7, 11) is 0. The Morgan fingerprint density at radius 2 is 0.643 bits per heavy atom. The minimum Gasteiger partial charge on any atom is -0.134 e. The van der Waals surface area contributed by atoms with Crippen molar-refractivity contribution >= 4 is 84.3 Å². The van der Waals surface area contributed by atoms with Crippen molar-refractivity contribution in [2.75, 3.05) is 0 Å². The van der Waals surface area contributed by atoms with Gasteiger partial charge in [-0.05, 0) is 57.6 Å². The molecule has 42 heavy (non-hydrogen) atoms. The number of benzene rings is 5. The standard InChI is InChI=1S/C38H22S4/c1-3-7-23(8-4-1)25-11-15-27(16-12-25)31-21-35-37(41-31)29-19-34-30(20-33(29)39-35)38-36(40-34)22-32(42-38)28-17-13-26(14-18-28)24-9-5-2-6-10-24/h1-22H. The molecule has 0 aliphatic carbocycles. The second-order valence-corrected chi connectivity index (χ2v) is 14.8. The van der Waals surface area contributed by atoms with Gasteiger partial charge in [-0.25, -0.2) is 0 Å². The van der Waals surface area contributed by atoms with Gasteiger partial charge in [0, 0.05) is 39.3 Å². The smallest absolute Gasteiger partial charge is 0.0536 e. The van der Waals surface area contributed by atoms with Gasteiger partial charge in [0.05, 0.1) is 9.40 Å². The molecule has 0 bridgehead atoms. The first-order valence-electron chi connectivity index (χ1n) is 13.9. The first-order valence-corrected chi connectivity index (χ1v) is 17.2. The summed E-state index contributed by atoms with van der Waals surface area (Å²) in [6, 6.07) is 48.8. The molecule has 0 aliphatic heterocycles. The zero-order valence-electron chi connectivity index (χ0n) is 22.3. The normalized spacial score (nSPS) is 11.8. The van der Waals surface area contributed by atoms with Crippen LogP contribution in [-0.2, 0) is 0 Å². The molecule has 0 saturated heterocycles. The van der Waals surface area contributed by atoms with Crippen LogP contribution in [0.5, 0.6) is 0 Å². The summed E-state index contributed by atoms with van der Waals surface area (Å²) < 4.78 is 8.37. The van der Waals surface area contributed by atoms with Gasteiger partial charge in [0.25, 0.3) is 0 Å². The van der Waals surface area contributed by atoms with E-state index in [0.717, 1.165) is 0 Å². The lowest BCUT2D eigenvalue weighted by Gasteiger charge is -2.03. The van der Waals surface area contributed by atoms with Gasteiger partial charge in [-0.3, -0.25) is 0 Å². The Bertz CT molecular complexity index is 2190. The molecule has 0 fully saturated rings. The molecule has 0 aliphatic rings. The van der Waals surface area contributed by atoms with Gasteiger partial charge in [-0.2, -0.15) is 0 Å². The van der Waals surface area contributed by atoms with E-state index >= 15 is 0 Å². The lowest BCUT2D eigenvalue weighted by molar-refractivity contribution is 1.62. The third-order valence-electron chi connectivity index (χ3n) is 7.96. The number of hydrogen-bond acceptors (Lipinski definition) is 4. The Hall–Kier alpha value is -4.06. The Morgan fingerprint density at radius 3 is 1.05 bits per heavy atom.